The summed E-state index contributed by atoms with van der Waals surface area (Å²) in [6.07, 6.45) is 0. The molecule has 0 radical (unpaired) electrons. The SMILES string of the molecule is CCN(CCN(CC(=O)NO)S(=O)(=O)c1cc(F)c(Oc2ccc(Cl)cc2)c(F)c1)C(=O)N1CCN(C)CC1. The van der Waals surface area contributed by atoms with Crippen molar-refractivity contribution in [2.45, 2.75) is 11.8 Å². The molecule has 1 aliphatic heterocycles. The fourth-order valence-electron chi connectivity index (χ4n) is 3.85. The quantitative estimate of drug-likeness (QED) is 0.323. The standard InChI is InChI=1S/C24H30ClF2N5O6S/c1-3-30(24(34)31-10-8-29(2)9-11-31)12-13-32(16-22(33)28-35)39(36,37)19-14-20(26)23(21(27)15-19)38-18-6-4-17(25)5-7-18/h4-7,14-15,35H,3,8-13,16H2,1-2H3,(H,28,33). The van der Waals surface area contributed by atoms with Gasteiger partial charge in [0.2, 0.25) is 10.0 Å². The Labute approximate surface area is 230 Å². The number of carbonyl (C=O) groups excluding carboxylic acids is 2. The van der Waals surface area contributed by atoms with Crippen molar-refractivity contribution in [3.05, 3.63) is 53.1 Å². The molecule has 0 saturated carbocycles. The van der Waals surface area contributed by atoms with Crippen LogP contribution in [-0.4, -0.2) is 104 Å². The van der Waals surface area contributed by atoms with Crippen LogP contribution < -0.4 is 10.2 Å². The average molecular weight is 590 g/mol. The Morgan fingerprint density at radius 1 is 1.08 bits per heavy atom. The van der Waals surface area contributed by atoms with E-state index in [4.69, 9.17) is 21.5 Å². The Bertz CT molecular complexity index is 1250. The van der Waals surface area contributed by atoms with Crippen LogP contribution >= 0.6 is 11.6 Å². The van der Waals surface area contributed by atoms with Crippen molar-refractivity contribution < 1.29 is 36.7 Å². The Balaban J connectivity index is 1.82. The first-order chi connectivity index (χ1) is 18.5. The van der Waals surface area contributed by atoms with Gasteiger partial charge in [-0.3, -0.25) is 10.0 Å². The number of hydrogen-bond donors (Lipinski definition) is 2. The van der Waals surface area contributed by atoms with Crippen molar-refractivity contribution in [3.63, 3.8) is 0 Å². The summed E-state index contributed by atoms with van der Waals surface area (Å²) < 4.78 is 62.3. The molecule has 15 heteroatoms. The van der Waals surface area contributed by atoms with Crippen molar-refractivity contribution in [1.82, 2.24) is 24.5 Å². The van der Waals surface area contributed by atoms with Gasteiger partial charge in [0.05, 0.1) is 11.4 Å². The van der Waals surface area contributed by atoms with Crippen LogP contribution in [0.1, 0.15) is 6.92 Å². The van der Waals surface area contributed by atoms with Crippen molar-refractivity contribution >= 4 is 33.6 Å². The maximum absolute atomic E-state index is 14.9. The molecule has 11 nitrogen and oxygen atoms in total. The third kappa shape index (κ3) is 7.76. The summed E-state index contributed by atoms with van der Waals surface area (Å²) in [5.41, 5.74) is 1.35. The zero-order valence-corrected chi connectivity index (χ0v) is 23.0. The van der Waals surface area contributed by atoms with Gasteiger partial charge >= 0.3 is 6.03 Å². The number of nitrogens with one attached hydrogen (secondary N) is 1. The van der Waals surface area contributed by atoms with Gasteiger partial charge in [-0.1, -0.05) is 11.6 Å². The molecular weight excluding hydrogens is 560 g/mol. The molecule has 1 heterocycles. The van der Waals surface area contributed by atoms with Crippen LogP contribution in [0.5, 0.6) is 11.5 Å². The summed E-state index contributed by atoms with van der Waals surface area (Å²) in [6.45, 7) is 3.02. The van der Waals surface area contributed by atoms with Crippen LogP contribution in [0.3, 0.4) is 0 Å². The molecule has 0 bridgehead atoms. The largest absolute Gasteiger partial charge is 0.451 e. The first-order valence-electron chi connectivity index (χ1n) is 12.0. The Morgan fingerprint density at radius 2 is 1.67 bits per heavy atom. The Hall–Kier alpha value is -3.04. The molecule has 1 aliphatic rings. The van der Waals surface area contributed by atoms with Gasteiger partial charge in [0, 0.05) is 50.8 Å². The molecule has 2 aromatic carbocycles. The molecule has 2 aromatic rings. The number of hydroxylamine groups is 1. The second-order valence-corrected chi connectivity index (χ2v) is 11.2. The number of amides is 3. The molecule has 0 aliphatic carbocycles. The van der Waals surface area contributed by atoms with E-state index >= 15 is 0 Å². The minimum absolute atomic E-state index is 0.0683. The van der Waals surface area contributed by atoms with E-state index in [0.717, 1.165) is 0 Å². The third-order valence-corrected chi connectivity index (χ3v) is 8.21. The van der Waals surface area contributed by atoms with Gasteiger partial charge in [-0.15, -0.1) is 0 Å². The minimum Gasteiger partial charge on any atom is -0.451 e. The summed E-state index contributed by atoms with van der Waals surface area (Å²) in [5, 5.41) is 9.34. The summed E-state index contributed by atoms with van der Waals surface area (Å²) in [4.78, 5) is 29.2. The third-order valence-electron chi connectivity index (χ3n) is 6.13. The van der Waals surface area contributed by atoms with E-state index in [1.165, 1.54) is 34.6 Å². The van der Waals surface area contributed by atoms with Crippen LogP contribution in [0.25, 0.3) is 0 Å². The van der Waals surface area contributed by atoms with Crippen LogP contribution in [0.4, 0.5) is 13.6 Å². The number of halogens is 3. The van der Waals surface area contributed by atoms with E-state index < -0.39 is 44.8 Å². The predicted octanol–water partition coefficient (Wildman–Crippen LogP) is 2.60. The van der Waals surface area contributed by atoms with Crippen molar-refractivity contribution in [1.29, 1.82) is 0 Å². The molecule has 2 N–H and O–H groups in total. The number of sulfonamides is 1. The highest BCUT2D eigenvalue weighted by Crippen LogP contribution is 2.31. The number of piperazine rings is 1. The van der Waals surface area contributed by atoms with Crippen LogP contribution in [0, 0.1) is 11.6 Å². The van der Waals surface area contributed by atoms with E-state index in [9.17, 15) is 26.8 Å². The van der Waals surface area contributed by atoms with Crippen LogP contribution in [-0.2, 0) is 14.8 Å². The smallest absolute Gasteiger partial charge is 0.320 e. The highest BCUT2D eigenvalue weighted by molar-refractivity contribution is 7.89. The molecule has 1 fully saturated rings. The molecule has 39 heavy (non-hydrogen) atoms. The minimum atomic E-state index is -4.66. The van der Waals surface area contributed by atoms with E-state index in [-0.39, 0.29) is 31.4 Å². The molecule has 0 unspecified atom stereocenters. The zero-order valence-electron chi connectivity index (χ0n) is 21.4. The van der Waals surface area contributed by atoms with Crippen molar-refractivity contribution in [3.8, 4) is 11.5 Å². The number of nitrogens with zero attached hydrogens (tertiary/aromatic N) is 4. The molecule has 0 aromatic heterocycles. The maximum Gasteiger partial charge on any atom is 0.320 e. The van der Waals surface area contributed by atoms with Gasteiger partial charge in [0.25, 0.3) is 5.91 Å². The molecule has 0 atom stereocenters. The van der Waals surface area contributed by atoms with E-state index in [2.05, 4.69) is 4.90 Å². The number of ether oxygens (including phenoxy) is 1. The topological polar surface area (TPSA) is 123 Å². The lowest BCUT2D eigenvalue weighted by Crippen LogP contribution is -2.53. The number of urea groups is 1. The highest BCUT2D eigenvalue weighted by Gasteiger charge is 2.31. The average Bonchev–Trinajstić information content (AvgIpc) is 2.91. The second-order valence-electron chi connectivity index (χ2n) is 8.80. The lowest BCUT2D eigenvalue weighted by Gasteiger charge is -2.36. The summed E-state index contributed by atoms with van der Waals surface area (Å²) in [5.74, 6) is -4.42. The molecular formula is C24H30ClF2N5O6S. The summed E-state index contributed by atoms with van der Waals surface area (Å²) in [6, 6.07) is 6.50. The Morgan fingerprint density at radius 3 is 2.21 bits per heavy atom. The monoisotopic (exact) mass is 589 g/mol. The highest BCUT2D eigenvalue weighted by atomic mass is 35.5. The molecule has 0 spiro atoms. The maximum atomic E-state index is 14.9. The fraction of sp³-hybridized carbons (Fsp3) is 0.417. The molecule has 1 saturated heterocycles. The van der Waals surface area contributed by atoms with E-state index in [0.29, 0.717) is 47.6 Å². The van der Waals surface area contributed by atoms with E-state index in [1.54, 1.807) is 11.8 Å². The van der Waals surface area contributed by atoms with Gasteiger partial charge in [-0.25, -0.2) is 27.5 Å². The number of rotatable bonds is 10. The Kier molecular flexibility index (Phi) is 10.4. The van der Waals surface area contributed by atoms with Crippen LogP contribution in [0.2, 0.25) is 5.02 Å². The lowest BCUT2D eigenvalue weighted by atomic mass is 10.3. The second kappa shape index (κ2) is 13.3. The number of likely N-dealkylation sites (N-methyl/N-ethyl adjacent to an activating group) is 2. The van der Waals surface area contributed by atoms with Crippen molar-refractivity contribution in [2.75, 3.05) is 59.4 Å². The van der Waals surface area contributed by atoms with E-state index in [1.807, 2.05) is 7.05 Å². The van der Waals surface area contributed by atoms with Crippen LogP contribution in [0.15, 0.2) is 41.3 Å². The van der Waals surface area contributed by atoms with Gasteiger partial charge in [-0.05, 0) is 50.4 Å². The van der Waals surface area contributed by atoms with Gasteiger partial charge in [0.15, 0.2) is 17.4 Å². The number of benzene rings is 2. The molecule has 214 valence electrons. The molecule has 3 amide bonds. The predicted molar refractivity (Wildman–Crippen MR) is 138 cm³/mol. The van der Waals surface area contributed by atoms with Crippen molar-refractivity contribution in [2.24, 2.45) is 0 Å². The lowest BCUT2D eigenvalue weighted by molar-refractivity contribution is -0.129. The zero-order chi connectivity index (χ0) is 28.7. The first kappa shape index (κ1) is 30.5. The van der Waals surface area contributed by atoms with Gasteiger partial charge in [-0.2, -0.15) is 4.31 Å². The van der Waals surface area contributed by atoms with Gasteiger partial charge in [0.1, 0.15) is 5.75 Å². The normalized spacial score (nSPS) is 14.4. The van der Waals surface area contributed by atoms with Gasteiger partial charge < -0.3 is 19.4 Å². The fourth-order valence-corrected chi connectivity index (χ4v) is 5.39. The molecule has 3 rings (SSSR count). The summed E-state index contributed by atoms with van der Waals surface area (Å²) >= 11 is 5.80. The first-order valence-corrected chi connectivity index (χ1v) is 13.9. The number of hydrogen-bond acceptors (Lipinski definition) is 7. The summed E-state index contributed by atoms with van der Waals surface area (Å²) in [7, 11) is -2.72. The number of carbonyl (C=O) groups is 2.